The van der Waals surface area contributed by atoms with Gasteiger partial charge in [-0.1, -0.05) is 0 Å². The first kappa shape index (κ1) is 20.8. The Bertz CT molecular complexity index is 488. The van der Waals surface area contributed by atoms with Gasteiger partial charge in [-0.3, -0.25) is 4.99 Å². The monoisotopic (exact) mass is 448 g/mol. The van der Waals surface area contributed by atoms with Crippen LogP contribution in [0.15, 0.2) is 29.3 Å². The molecule has 1 heterocycles. The van der Waals surface area contributed by atoms with Crippen LogP contribution in [0.3, 0.4) is 0 Å². The highest BCUT2D eigenvalue weighted by Gasteiger charge is 2.19. The van der Waals surface area contributed by atoms with E-state index >= 15 is 0 Å². The number of anilines is 1. The average molecular weight is 448 g/mol. The minimum absolute atomic E-state index is 0. The number of methoxy groups -OCH3 is 2. The summed E-state index contributed by atoms with van der Waals surface area (Å²) in [6.07, 6.45) is 0. The van der Waals surface area contributed by atoms with E-state index in [2.05, 4.69) is 39.2 Å². The number of ether oxygens (including phenoxy) is 2. The number of hydrogen-bond donors (Lipinski definition) is 1. The highest BCUT2D eigenvalue weighted by molar-refractivity contribution is 14.0. The number of nitrogens with zero attached hydrogens (tertiary/aromatic N) is 3. The van der Waals surface area contributed by atoms with E-state index in [-0.39, 0.29) is 24.0 Å². The molecule has 24 heavy (non-hydrogen) atoms. The number of guanidine groups is 1. The summed E-state index contributed by atoms with van der Waals surface area (Å²) in [6.45, 7) is 8.22. The van der Waals surface area contributed by atoms with Crippen molar-refractivity contribution in [3.8, 4) is 5.75 Å². The van der Waals surface area contributed by atoms with Crippen LogP contribution in [0, 0.1) is 0 Å². The molecule has 0 atom stereocenters. The number of halogens is 1. The average Bonchev–Trinajstić information content (AvgIpc) is 2.61. The van der Waals surface area contributed by atoms with Crippen LogP contribution in [0.25, 0.3) is 0 Å². The van der Waals surface area contributed by atoms with E-state index in [9.17, 15) is 0 Å². The maximum absolute atomic E-state index is 5.22. The standard InChI is InChI=1S/C17H28N4O2.HI/c1-4-18-17(19-9-14-22-2)21-12-10-20(11-13-21)15-5-7-16(23-3)8-6-15;/h5-8H,4,9-14H2,1-3H3,(H,18,19);1H. The Morgan fingerprint density at radius 1 is 1.12 bits per heavy atom. The van der Waals surface area contributed by atoms with Crippen LogP contribution < -0.4 is 15.0 Å². The van der Waals surface area contributed by atoms with Crippen LogP contribution >= 0.6 is 24.0 Å². The fourth-order valence-electron chi connectivity index (χ4n) is 2.64. The maximum atomic E-state index is 5.22. The SMILES string of the molecule is CCNC(=NCCOC)N1CCN(c2ccc(OC)cc2)CC1.I. The Labute approximate surface area is 162 Å². The van der Waals surface area contributed by atoms with Crippen LogP contribution in [0.4, 0.5) is 5.69 Å². The van der Waals surface area contributed by atoms with Gasteiger partial charge >= 0.3 is 0 Å². The fourth-order valence-corrected chi connectivity index (χ4v) is 2.64. The smallest absolute Gasteiger partial charge is 0.194 e. The number of rotatable bonds is 6. The highest BCUT2D eigenvalue weighted by atomic mass is 127. The zero-order valence-corrected chi connectivity index (χ0v) is 17.2. The van der Waals surface area contributed by atoms with Gasteiger partial charge in [0.1, 0.15) is 5.75 Å². The molecule has 0 amide bonds. The van der Waals surface area contributed by atoms with Crippen molar-refractivity contribution in [2.24, 2.45) is 4.99 Å². The molecule has 1 N–H and O–H groups in total. The second-order valence-electron chi connectivity index (χ2n) is 5.40. The molecular weight excluding hydrogens is 419 g/mol. The number of hydrogen-bond acceptors (Lipinski definition) is 4. The summed E-state index contributed by atoms with van der Waals surface area (Å²) in [4.78, 5) is 9.33. The molecule has 0 radical (unpaired) electrons. The third kappa shape index (κ3) is 6.01. The van der Waals surface area contributed by atoms with Crippen molar-refractivity contribution >= 4 is 35.6 Å². The van der Waals surface area contributed by atoms with Gasteiger partial charge in [0.25, 0.3) is 0 Å². The molecule has 0 bridgehead atoms. The molecule has 1 saturated heterocycles. The first-order valence-electron chi connectivity index (χ1n) is 8.19. The minimum atomic E-state index is 0. The summed E-state index contributed by atoms with van der Waals surface area (Å²) in [5.74, 6) is 1.88. The molecule has 2 rings (SSSR count). The Balaban J connectivity index is 0.00000288. The van der Waals surface area contributed by atoms with Crippen molar-refractivity contribution in [2.45, 2.75) is 6.92 Å². The predicted molar refractivity (Wildman–Crippen MR) is 110 cm³/mol. The van der Waals surface area contributed by atoms with Gasteiger partial charge < -0.3 is 24.6 Å². The van der Waals surface area contributed by atoms with Crippen molar-refractivity contribution < 1.29 is 9.47 Å². The molecule has 1 aliphatic heterocycles. The second kappa shape index (κ2) is 11.4. The van der Waals surface area contributed by atoms with E-state index in [1.54, 1.807) is 14.2 Å². The highest BCUT2D eigenvalue weighted by Crippen LogP contribution is 2.20. The summed E-state index contributed by atoms with van der Waals surface area (Å²) < 4.78 is 10.3. The van der Waals surface area contributed by atoms with Gasteiger partial charge in [0.15, 0.2) is 5.96 Å². The quantitative estimate of drug-likeness (QED) is 0.313. The summed E-state index contributed by atoms with van der Waals surface area (Å²) in [7, 11) is 3.40. The first-order valence-corrected chi connectivity index (χ1v) is 8.19. The largest absolute Gasteiger partial charge is 0.497 e. The molecule has 1 aliphatic rings. The van der Waals surface area contributed by atoms with E-state index < -0.39 is 0 Å². The Hall–Kier alpha value is -1.22. The second-order valence-corrected chi connectivity index (χ2v) is 5.40. The molecule has 0 spiro atoms. The van der Waals surface area contributed by atoms with Gasteiger partial charge in [0.2, 0.25) is 0 Å². The number of aliphatic imine (C=N–C) groups is 1. The topological polar surface area (TPSA) is 49.3 Å². The van der Waals surface area contributed by atoms with Crippen LogP contribution in [-0.2, 0) is 4.74 Å². The van der Waals surface area contributed by atoms with E-state index in [1.165, 1.54) is 5.69 Å². The summed E-state index contributed by atoms with van der Waals surface area (Å²) in [5, 5.41) is 3.37. The van der Waals surface area contributed by atoms with Crippen LogP contribution in [0.1, 0.15) is 6.92 Å². The molecule has 7 heteroatoms. The van der Waals surface area contributed by atoms with Gasteiger partial charge in [0, 0.05) is 45.5 Å². The number of piperazine rings is 1. The van der Waals surface area contributed by atoms with Crippen molar-refractivity contribution in [1.29, 1.82) is 0 Å². The van der Waals surface area contributed by atoms with E-state index in [0.717, 1.165) is 44.4 Å². The third-order valence-electron chi connectivity index (χ3n) is 3.91. The predicted octanol–water partition coefficient (Wildman–Crippen LogP) is 2.05. The Kier molecular flexibility index (Phi) is 9.85. The molecular formula is C17H29IN4O2. The molecule has 6 nitrogen and oxygen atoms in total. The lowest BCUT2D eigenvalue weighted by Crippen LogP contribution is -2.52. The van der Waals surface area contributed by atoms with Crippen molar-refractivity contribution in [3.63, 3.8) is 0 Å². The van der Waals surface area contributed by atoms with Gasteiger partial charge in [-0.05, 0) is 31.2 Å². The van der Waals surface area contributed by atoms with Crippen molar-refractivity contribution in [2.75, 3.05) is 65.0 Å². The number of nitrogens with one attached hydrogen (secondary N) is 1. The Morgan fingerprint density at radius 3 is 2.33 bits per heavy atom. The van der Waals surface area contributed by atoms with Gasteiger partial charge in [-0.2, -0.15) is 0 Å². The summed E-state index contributed by atoms with van der Waals surface area (Å²) in [6, 6.07) is 8.26. The van der Waals surface area contributed by atoms with Crippen LogP contribution in [0.5, 0.6) is 5.75 Å². The maximum Gasteiger partial charge on any atom is 0.194 e. The zero-order chi connectivity index (χ0) is 16.5. The molecule has 136 valence electrons. The van der Waals surface area contributed by atoms with Gasteiger partial charge in [0.05, 0.1) is 20.3 Å². The Morgan fingerprint density at radius 2 is 1.79 bits per heavy atom. The molecule has 0 unspecified atom stereocenters. The molecule has 0 aromatic heterocycles. The van der Waals surface area contributed by atoms with Gasteiger partial charge in [-0.25, -0.2) is 0 Å². The minimum Gasteiger partial charge on any atom is -0.497 e. The van der Waals surface area contributed by atoms with E-state index in [4.69, 9.17) is 9.47 Å². The molecule has 1 aromatic rings. The fraction of sp³-hybridized carbons (Fsp3) is 0.588. The summed E-state index contributed by atoms with van der Waals surface area (Å²) >= 11 is 0. The molecule has 0 saturated carbocycles. The van der Waals surface area contributed by atoms with Crippen molar-refractivity contribution in [3.05, 3.63) is 24.3 Å². The lowest BCUT2D eigenvalue weighted by Gasteiger charge is -2.37. The van der Waals surface area contributed by atoms with E-state index in [0.29, 0.717) is 13.2 Å². The van der Waals surface area contributed by atoms with Crippen LogP contribution in [0.2, 0.25) is 0 Å². The zero-order valence-electron chi connectivity index (χ0n) is 14.8. The lowest BCUT2D eigenvalue weighted by molar-refractivity contribution is 0.207. The molecule has 0 aliphatic carbocycles. The molecule has 1 aromatic carbocycles. The number of benzene rings is 1. The normalized spacial score (nSPS) is 15.0. The third-order valence-corrected chi connectivity index (χ3v) is 3.91. The summed E-state index contributed by atoms with van der Waals surface area (Å²) in [5.41, 5.74) is 1.24. The van der Waals surface area contributed by atoms with Gasteiger partial charge in [-0.15, -0.1) is 24.0 Å². The first-order chi connectivity index (χ1) is 11.3. The molecule has 1 fully saturated rings. The van der Waals surface area contributed by atoms with Crippen molar-refractivity contribution in [1.82, 2.24) is 10.2 Å². The van der Waals surface area contributed by atoms with Crippen LogP contribution in [-0.4, -0.2) is 71.0 Å². The van der Waals surface area contributed by atoms with E-state index in [1.807, 2.05) is 12.1 Å². The lowest BCUT2D eigenvalue weighted by atomic mass is 10.2.